The number of benzene rings is 1. The summed E-state index contributed by atoms with van der Waals surface area (Å²) >= 11 is 3.36. The average molecular weight is 298 g/mol. The molecule has 0 bridgehead atoms. The first-order valence-corrected chi connectivity index (χ1v) is 5.95. The maximum atomic E-state index is 8.98. The van der Waals surface area contributed by atoms with Crippen molar-refractivity contribution in [1.29, 1.82) is 0 Å². The van der Waals surface area contributed by atoms with Crippen LogP contribution in [-0.2, 0) is 13.2 Å². The van der Waals surface area contributed by atoms with E-state index >= 15 is 0 Å². The molecule has 0 aliphatic heterocycles. The fourth-order valence-corrected chi connectivity index (χ4v) is 1.64. The Kier molecular flexibility index (Phi) is 4.11. The van der Waals surface area contributed by atoms with E-state index in [0.29, 0.717) is 19.0 Å². The van der Waals surface area contributed by atoms with Crippen molar-refractivity contribution in [1.82, 2.24) is 14.8 Å². The molecule has 0 aliphatic carbocycles. The Morgan fingerprint density at radius 3 is 2.76 bits per heavy atom. The van der Waals surface area contributed by atoms with Gasteiger partial charge in [-0.25, -0.2) is 9.67 Å². The van der Waals surface area contributed by atoms with Crippen LogP contribution in [0.5, 0.6) is 5.75 Å². The van der Waals surface area contributed by atoms with Crippen LogP contribution in [0.2, 0.25) is 0 Å². The van der Waals surface area contributed by atoms with E-state index in [9.17, 15) is 0 Å². The molecule has 0 amide bonds. The van der Waals surface area contributed by atoms with Gasteiger partial charge in [0.05, 0.1) is 6.54 Å². The number of aliphatic hydroxyl groups excluding tert-OH is 1. The van der Waals surface area contributed by atoms with Gasteiger partial charge in [0.2, 0.25) is 0 Å². The molecule has 6 heteroatoms. The van der Waals surface area contributed by atoms with Crippen molar-refractivity contribution in [2.75, 3.05) is 6.61 Å². The van der Waals surface area contributed by atoms with Crippen molar-refractivity contribution < 1.29 is 9.84 Å². The minimum absolute atomic E-state index is 0.113. The summed E-state index contributed by atoms with van der Waals surface area (Å²) in [5, 5.41) is 13.0. The number of halogens is 1. The molecule has 0 saturated heterocycles. The summed E-state index contributed by atoms with van der Waals surface area (Å²) in [6, 6.07) is 7.62. The maximum Gasteiger partial charge on any atom is 0.152 e. The monoisotopic (exact) mass is 297 g/mol. The summed E-state index contributed by atoms with van der Waals surface area (Å²) in [5.74, 6) is 1.35. The summed E-state index contributed by atoms with van der Waals surface area (Å²) in [4.78, 5) is 3.91. The Labute approximate surface area is 107 Å². The summed E-state index contributed by atoms with van der Waals surface area (Å²) < 4.78 is 8.18. The molecular weight excluding hydrogens is 286 g/mol. The molecular formula is C11H12BrN3O2. The number of aromatic nitrogens is 3. The molecule has 0 saturated carbocycles. The van der Waals surface area contributed by atoms with Gasteiger partial charge < -0.3 is 9.84 Å². The van der Waals surface area contributed by atoms with E-state index in [1.165, 1.54) is 6.33 Å². The average Bonchev–Trinajstić information content (AvgIpc) is 2.79. The second-order valence-electron chi connectivity index (χ2n) is 3.36. The van der Waals surface area contributed by atoms with Crippen LogP contribution in [0.1, 0.15) is 5.82 Å². The Bertz CT molecular complexity index is 470. The molecule has 17 heavy (non-hydrogen) atoms. The van der Waals surface area contributed by atoms with Gasteiger partial charge in [-0.05, 0) is 24.3 Å². The Hall–Kier alpha value is -1.40. The van der Waals surface area contributed by atoms with E-state index in [0.717, 1.165) is 10.2 Å². The molecule has 0 spiro atoms. The van der Waals surface area contributed by atoms with E-state index in [4.69, 9.17) is 9.84 Å². The van der Waals surface area contributed by atoms with E-state index in [1.54, 1.807) is 4.68 Å². The minimum atomic E-state index is -0.113. The molecule has 1 N–H and O–H groups in total. The minimum Gasteiger partial charge on any atom is -0.492 e. The van der Waals surface area contributed by atoms with Crippen molar-refractivity contribution in [2.24, 2.45) is 0 Å². The van der Waals surface area contributed by atoms with Crippen LogP contribution in [0.4, 0.5) is 0 Å². The van der Waals surface area contributed by atoms with Gasteiger partial charge in [-0.2, -0.15) is 5.10 Å². The number of hydrogen-bond donors (Lipinski definition) is 1. The van der Waals surface area contributed by atoms with Crippen LogP contribution in [0.3, 0.4) is 0 Å². The highest BCUT2D eigenvalue weighted by Gasteiger charge is 2.02. The highest BCUT2D eigenvalue weighted by molar-refractivity contribution is 9.10. The Morgan fingerprint density at radius 2 is 2.06 bits per heavy atom. The highest BCUT2D eigenvalue weighted by Crippen LogP contribution is 2.15. The van der Waals surface area contributed by atoms with Crippen molar-refractivity contribution in [3.63, 3.8) is 0 Å². The topological polar surface area (TPSA) is 60.2 Å². The number of nitrogens with zero attached hydrogens (tertiary/aromatic N) is 3. The van der Waals surface area contributed by atoms with E-state index in [-0.39, 0.29) is 6.61 Å². The van der Waals surface area contributed by atoms with Crippen LogP contribution in [0, 0.1) is 0 Å². The third-order valence-corrected chi connectivity index (χ3v) is 2.75. The van der Waals surface area contributed by atoms with Crippen LogP contribution < -0.4 is 4.74 Å². The highest BCUT2D eigenvalue weighted by atomic mass is 79.9. The molecule has 2 rings (SSSR count). The summed E-state index contributed by atoms with van der Waals surface area (Å²) in [5.41, 5.74) is 0. The molecule has 1 heterocycles. The number of hydrogen-bond acceptors (Lipinski definition) is 4. The van der Waals surface area contributed by atoms with Crippen molar-refractivity contribution >= 4 is 15.9 Å². The zero-order chi connectivity index (χ0) is 12.1. The van der Waals surface area contributed by atoms with Crippen molar-refractivity contribution in [3.05, 3.63) is 40.9 Å². The molecule has 90 valence electrons. The van der Waals surface area contributed by atoms with E-state index in [2.05, 4.69) is 26.0 Å². The molecule has 0 unspecified atom stereocenters. The van der Waals surface area contributed by atoms with Gasteiger partial charge >= 0.3 is 0 Å². The van der Waals surface area contributed by atoms with Gasteiger partial charge in [-0.15, -0.1) is 0 Å². The van der Waals surface area contributed by atoms with Crippen molar-refractivity contribution in [2.45, 2.75) is 13.2 Å². The van der Waals surface area contributed by atoms with Crippen LogP contribution in [-0.4, -0.2) is 26.5 Å². The fourth-order valence-electron chi connectivity index (χ4n) is 1.38. The van der Waals surface area contributed by atoms with Gasteiger partial charge in [0, 0.05) is 4.47 Å². The first-order chi connectivity index (χ1) is 8.29. The molecule has 1 aromatic carbocycles. The van der Waals surface area contributed by atoms with Gasteiger partial charge in [0.25, 0.3) is 0 Å². The smallest absolute Gasteiger partial charge is 0.152 e. The molecule has 1 aromatic heterocycles. The second kappa shape index (κ2) is 5.79. The molecule has 2 aromatic rings. The molecule has 5 nitrogen and oxygen atoms in total. The van der Waals surface area contributed by atoms with Gasteiger partial charge in [0.1, 0.15) is 25.3 Å². The van der Waals surface area contributed by atoms with E-state index in [1.807, 2.05) is 24.3 Å². The summed E-state index contributed by atoms with van der Waals surface area (Å²) in [6.07, 6.45) is 1.42. The predicted molar refractivity (Wildman–Crippen MR) is 65.6 cm³/mol. The maximum absolute atomic E-state index is 8.98. The predicted octanol–water partition coefficient (Wildman–Crippen LogP) is 1.61. The normalized spacial score (nSPS) is 10.5. The number of rotatable bonds is 5. The standard InChI is InChI=1S/C11H12BrN3O2/c12-9-1-3-10(4-2-9)17-6-5-15-11(7-16)13-8-14-15/h1-4,8,16H,5-7H2. The van der Waals surface area contributed by atoms with Crippen LogP contribution in [0.15, 0.2) is 35.1 Å². The number of ether oxygens (including phenoxy) is 1. The first kappa shape index (κ1) is 12.1. The lowest BCUT2D eigenvalue weighted by Crippen LogP contribution is -2.12. The lowest BCUT2D eigenvalue weighted by molar-refractivity contribution is 0.248. The SMILES string of the molecule is OCc1ncnn1CCOc1ccc(Br)cc1. The van der Waals surface area contributed by atoms with E-state index < -0.39 is 0 Å². The lowest BCUT2D eigenvalue weighted by Gasteiger charge is -2.07. The molecule has 0 aliphatic rings. The number of aliphatic hydroxyl groups is 1. The largest absolute Gasteiger partial charge is 0.492 e. The van der Waals surface area contributed by atoms with Crippen LogP contribution in [0.25, 0.3) is 0 Å². The zero-order valence-electron chi connectivity index (χ0n) is 9.08. The Morgan fingerprint density at radius 1 is 1.29 bits per heavy atom. The van der Waals surface area contributed by atoms with Gasteiger partial charge in [-0.3, -0.25) is 0 Å². The molecule has 0 fully saturated rings. The van der Waals surface area contributed by atoms with Crippen molar-refractivity contribution in [3.8, 4) is 5.75 Å². The third kappa shape index (κ3) is 3.28. The zero-order valence-corrected chi connectivity index (χ0v) is 10.7. The summed E-state index contributed by atoms with van der Waals surface area (Å²) in [7, 11) is 0. The second-order valence-corrected chi connectivity index (χ2v) is 4.28. The third-order valence-electron chi connectivity index (χ3n) is 2.22. The molecule has 0 atom stereocenters. The van der Waals surface area contributed by atoms with Gasteiger partial charge in [-0.1, -0.05) is 15.9 Å². The quantitative estimate of drug-likeness (QED) is 0.911. The Balaban J connectivity index is 1.85. The molecule has 0 radical (unpaired) electrons. The van der Waals surface area contributed by atoms with Gasteiger partial charge in [0.15, 0.2) is 5.82 Å². The van der Waals surface area contributed by atoms with Crippen LogP contribution >= 0.6 is 15.9 Å². The summed E-state index contributed by atoms with van der Waals surface area (Å²) in [6.45, 7) is 0.933. The first-order valence-electron chi connectivity index (χ1n) is 5.15. The fraction of sp³-hybridized carbons (Fsp3) is 0.273. The lowest BCUT2D eigenvalue weighted by atomic mass is 10.3.